The van der Waals surface area contributed by atoms with Gasteiger partial charge in [0.25, 0.3) is 11.8 Å². The number of nitrogens with one attached hydrogen (secondary N) is 1. The van der Waals surface area contributed by atoms with Crippen molar-refractivity contribution in [3.63, 3.8) is 0 Å². The molecule has 0 saturated carbocycles. The average molecular weight is 610 g/mol. The van der Waals surface area contributed by atoms with E-state index < -0.39 is 45.7 Å². The molecule has 0 aromatic carbocycles. The van der Waals surface area contributed by atoms with Crippen LogP contribution in [0.5, 0.6) is 0 Å². The fourth-order valence-electron chi connectivity index (χ4n) is 3.64. The molecule has 17 heteroatoms. The van der Waals surface area contributed by atoms with E-state index in [1.807, 2.05) is 0 Å². The second kappa shape index (κ2) is 8.83. The summed E-state index contributed by atoms with van der Waals surface area (Å²) in [5.41, 5.74) is 2.54. The summed E-state index contributed by atoms with van der Waals surface area (Å²) in [4.78, 5) is 28.2. The monoisotopic (exact) mass is 609 g/mol. The molecule has 0 fully saturated rings. The number of aryl methyl sites for hydroxylation is 2. The van der Waals surface area contributed by atoms with Crippen LogP contribution in [0.25, 0.3) is 21.3 Å². The third-order valence-electron chi connectivity index (χ3n) is 5.41. The molecular weight excluding hydrogens is 596 g/mol. The van der Waals surface area contributed by atoms with Gasteiger partial charge in [0.2, 0.25) is 0 Å². The lowest BCUT2D eigenvalue weighted by molar-refractivity contribution is -0.144. The first-order chi connectivity index (χ1) is 17.0. The van der Waals surface area contributed by atoms with Crippen molar-refractivity contribution < 1.29 is 35.9 Å². The van der Waals surface area contributed by atoms with Crippen LogP contribution in [0.2, 0.25) is 0 Å². The van der Waals surface area contributed by atoms with Crippen LogP contribution in [0.3, 0.4) is 0 Å². The number of hydrogen-bond donors (Lipinski definition) is 2. The number of pyridine rings is 1. The Kier molecular flexibility index (Phi) is 6.34. The molecule has 3 N–H and O–H groups in total. The zero-order chi connectivity index (χ0) is 27.6. The molecule has 0 saturated heterocycles. The van der Waals surface area contributed by atoms with Crippen molar-refractivity contribution in [3.05, 3.63) is 44.4 Å². The largest absolute Gasteiger partial charge is 0.434 e. The summed E-state index contributed by atoms with van der Waals surface area (Å²) in [6.45, 7) is 1.59. The minimum atomic E-state index is -4.85. The molecule has 4 aromatic heterocycles. The van der Waals surface area contributed by atoms with E-state index >= 15 is 0 Å². The highest BCUT2D eigenvalue weighted by atomic mass is 79.9. The Labute approximate surface area is 215 Å². The minimum absolute atomic E-state index is 0.0700. The number of alkyl halides is 6. The van der Waals surface area contributed by atoms with Crippen LogP contribution < -0.4 is 11.1 Å². The van der Waals surface area contributed by atoms with Gasteiger partial charge in [-0.25, -0.2) is 4.98 Å². The van der Waals surface area contributed by atoms with Gasteiger partial charge in [-0.1, -0.05) is 0 Å². The van der Waals surface area contributed by atoms with Gasteiger partial charge >= 0.3 is 12.4 Å². The highest BCUT2D eigenvalue weighted by Crippen LogP contribution is 2.44. The predicted molar refractivity (Wildman–Crippen MR) is 124 cm³/mol. The Balaban J connectivity index is 1.98. The van der Waals surface area contributed by atoms with Crippen LogP contribution in [0, 0.1) is 6.92 Å². The molecule has 2 amide bonds. The lowest BCUT2D eigenvalue weighted by atomic mass is 10.0. The van der Waals surface area contributed by atoms with Crippen LogP contribution in [0.15, 0.2) is 16.7 Å². The van der Waals surface area contributed by atoms with Crippen molar-refractivity contribution in [1.29, 1.82) is 0 Å². The van der Waals surface area contributed by atoms with E-state index in [0.717, 1.165) is 13.1 Å². The number of halogens is 7. The molecule has 0 aliphatic rings. The number of primary amides is 1. The Morgan fingerprint density at radius 1 is 1.08 bits per heavy atom. The van der Waals surface area contributed by atoms with Gasteiger partial charge in [0.05, 0.1) is 16.4 Å². The lowest BCUT2D eigenvalue weighted by Gasteiger charge is -2.12. The first-order valence-corrected chi connectivity index (χ1v) is 11.6. The van der Waals surface area contributed by atoms with Crippen molar-refractivity contribution in [2.24, 2.45) is 19.8 Å². The maximum Gasteiger partial charge on any atom is 0.434 e. The molecule has 0 aliphatic carbocycles. The van der Waals surface area contributed by atoms with E-state index in [0.29, 0.717) is 21.7 Å². The zero-order valence-corrected chi connectivity index (χ0v) is 21.2. The fraction of sp³-hybridized carbons (Fsp3) is 0.250. The number of aromatic nitrogens is 5. The molecule has 4 rings (SSSR count). The Morgan fingerprint density at radius 2 is 1.73 bits per heavy atom. The molecule has 0 atom stereocenters. The Bertz CT molecular complexity index is 1580. The summed E-state index contributed by atoms with van der Waals surface area (Å²) in [5, 5.41) is 9.87. The van der Waals surface area contributed by atoms with Gasteiger partial charge in [-0.3, -0.25) is 19.0 Å². The number of fused-ring (bicyclic) bond motifs is 1. The maximum atomic E-state index is 13.6. The van der Waals surface area contributed by atoms with Crippen molar-refractivity contribution in [2.75, 3.05) is 5.32 Å². The molecule has 9 nitrogen and oxygen atoms in total. The van der Waals surface area contributed by atoms with Crippen LogP contribution >= 0.6 is 27.3 Å². The van der Waals surface area contributed by atoms with Crippen molar-refractivity contribution >= 4 is 55.0 Å². The quantitative estimate of drug-likeness (QED) is 0.319. The molecule has 0 bridgehead atoms. The van der Waals surface area contributed by atoms with Gasteiger partial charge in [-0.2, -0.15) is 36.5 Å². The topological polar surface area (TPSA) is 121 Å². The summed E-state index contributed by atoms with van der Waals surface area (Å²) < 4.78 is 82.2. The molecule has 196 valence electrons. The highest BCUT2D eigenvalue weighted by molar-refractivity contribution is 9.10. The van der Waals surface area contributed by atoms with Gasteiger partial charge in [0.1, 0.15) is 15.4 Å². The van der Waals surface area contributed by atoms with Gasteiger partial charge < -0.3 is 11.1 Å². The van der Waals surface area contributed by atoms with Crippen molar-refractivity contribution in [3.8, 4) is 11.1 Å². The van der Waals surface area contributed by atoms with Gasteiger partial charge in [-0.05, 0) is 34.5 Å². The van der Waals surface area contributed by atoms with E-state index in [1.165, 1.54) is 10.9 Å². The Hall–Kier alpha value is -3.47. The summed E-state index contributed by atoms with van der Waals surface area (Å²) in [7, 11) is 2.54. The second-order valence-electron chi connectivity index (χ2n) is 7.76. The predicted octanol–water partition coefficient (Wildman–Crippen LogP) is 4.89. The number of nitrogens with zero attached hydrogens (tertiary/aromatic N) is 5. The maximum absolute atomic E-state index is 13.6. The SMILES string of the molecule is Cc1c(-c2cc(C(F)(F)F)nc3sc(C(N)=O)c(NC(=O)c4nn(C)c(C(F)(F)F)c4Br)c23)cnn1C. The van der Waals surface area contributed by atoms with Crippen molar-refractivity contribution in [1.82, 2.24) is 24.5 Å². The van der Waals surface area contributed by atoms with E-state index in [9.17, 15) is 35.9 Å². The van der Waals surface area contributed by atoms with E-state index in [1.54, 1.807) is 14.0 Å². The number of amides is 2. The number of thiophene rings is 1. The van der Waals surface area contributed by atoms with Gasteiger partial charge in [-0.15, -0.1) is 11.3 Å². The molecule has 0 aliphatic heterocycles. The highest BCUT2D eigenvalue weighted by Gasteiger charge is 2.40. The first-order valence-electron chi connectivity index (χ1n) is 9.96. The van der Waals surface area contributed by atoms with Crippen LogP contribution in [0.1, 0.15) is 37.2 Å². The van der Waals surface area contributed by atoms with Gasteiger partial charge in [0, 0.05) is 30.7 Å². The minimum Gasteiger partial charge on any atom is -0.365 e. The number of rotatable bonds is 4. The van der Waals surface area contributed by atoms with Crippen LogP contribution in [-0.4, -0.2) is 36.4 Å². The Morgan fingerprint density at radius 3 is 2.22 bits per heavy atom. The number of anilines is 1. The third-order valence-corrected chi connectivity index (χ3v) is 7.26. The summed E-state index contributed by atoms with van der Waals surface area (Å²) >= 11 is 3.23. The smallest absolute Gasteiger partial charge is 0.365 e. The van der Waals surface area contributed by atoms with Crippen LogP contribution in [0.4, 0.5) is 32.0 Å². The van der Waals surface area contributed by atoms with Crippen molar-refractivity contribution in [2.45, 2.75) is 19.3 Å². The van der Waals surface area contributed by atoms with Gasteiger partial charge in [0.15, 0.2) is 11.4 Å². The zero-order valence-electron chi connectivity index (χ0n) is 18.8. The molecule has 4 heterocycles. The fourth-order valence-corrected chi connectivity index (χ4v) is 5.38. The lowest BCUT2D eigenvalue weighted by Crippen LogP contribution is -2.17. The molecule has 0 unspecified atom stereocenters. The second-order valence-corrected chi connectivity index (χ2v) is 9.55. The van der Waals surface area contributed by atoms with E-state index in [-0.39, 0.29) is 31.9 Å². The molecule has 0 radical (unpaired) electrons. The van der Waals surface area contributed by atoms with Crippen LogP contribution in [-0.2, 0) is 26.4 Å². The third kappa shape index (κ3) is 4.56. The standard InChI is InChI=1S/C20H14BrF6N7O2S/c1-6-8(5-29-33(6)2)7-4-9(19(22,23)24)30-18-10(7)12(14(37-18)16(28)35)31-17(36)13-11(21)15(20(25,26)27)34(3)32-13/h4-5H,1-3H3,(H2,28,35)(H,31,36). The molecule has 4 aromatic rings. The number of nitrogens with two attached hydrogens (primary N) is 1. The molecular formula is C20H14BrF6N7O2S. The average Bonchev–Trinajstić information content (AvgIpc) is 3.40. The normalized spacial score (nSPS) is 12.4. The van der Waals surface area contributed by atoms with E-state index in [4.69, 9.17) is 5.73 Å². The molecule has 37 heavy (non-hydrogen) atoms. The first kappa shape index (κ1) is 26.6. The molecule has 0 spiro atoms. The number of carbonyl (C=O) groups excluding carboxylic acids is 2. The summed E-state index contributed by atoms with van der Waals surface area (Å²) in [6.07, 6.45) is -8.41. The number of hydrogen-bond acceptors (Lipinski definition) is 6. The summed E-state index contributed by atoms with van der Waals surface area (Å²) in [5.74, 6) is -2.27. The summed E-state index contributed by atoms with van der Waals surface area (Å²) in [6, 6.07) is 0.734. The number of carbonyl (C=O) groups is 2. The van der Waals surface area contributed by atoms with E-state index in [2.05, 4.69) is 36.4 Å².